The van der Waals surface area contributed by atoms with Crippen molar-refractivity contribution in [3.05, 3.63) is 0 Å². The van der Waals surface area contributed by atoms with E-state index >= 15 is 0 Å². The molecule has 0 aliphatic heterocycles. The van der Waals surface area contributed by atoms with E-state index in [1.54, 1.807) is 4.90 Å². The minimum absolute atomic E-state index is 0.0110. The summed E-state index contributed by atoms with van der Waals surface area (Å²) in [6, 6.07) is -2.34. The van der Waals surface area contributed by atoms with E-state index in [4.69, 9.17) is 58.0 Å². The molecule has 0 unspecified atom stereocenters. The second-order valence-corrected chi connectivity index (χ2v) is 9.26. The summed E-state index contributed by atoms with van der Waals surface area (Å²) in [4.78, 5) is 66.7. The first-order valence-electron chi connectivity index (χ1n) is 12.1. The van der Waals surface area contributed by atoms with E-state index in [2.05, 4.69) is 26.3 Å². The van der Waals surface area contributed by atoms with Crippen LogP contribution in [0.25, 0.3) is 0 Å². The molecule has 9 N–H and O–H groups in total. The fourth-order valence-electron chi connectivity index (χ4n) is 3.07. The summed E-state index contributed by atoms with van der Waals surface area (Å²) < 4.78 is 8.22. The normalized spacial score (nSPS) is 11.7. The van der Waals surface area contributed by atoms with Gasteiger partial charge in [-0.15, -0.1) is 0 Å². The molecule has 0 aromatic rings. The van der Waals surface area contributed by atoms with Crippen molar-refractivity contribution in [3.8, 4) is 0 Å². The first-order chi connectivity index (χ1) is 19.0. The predicted octanol–water partition coefficient (Wildman–Crippen LogP) is -4.07. The van der Waals surface area contributed by atoms with Crippen LogP contribution >= 0.6 is 0 Å². The molecule has 0 aromatic heterocycles. The Morgan fingerprint density at radius 3 is 1.95 bits per heavy atom. The summed E-state index contributed by atoms with van der Waals surface area (Å²) >= 11 is 15.6. The quantitative estimate of drug-likeness (QED) is 0.0260. The molecule has 40 heavy (non-hydrogen) atoms. The molecule has 0 fully saturated rings. The first kappa shape index (κ1) is 40.2. The van der Waals surface area contributed by atoms with Gasteiger partial charge in [-0.05, 0) is 25.9 Å². The topological polar surface area (TPSA) is 238 Å². The number of carbonyl (C=O) groups is 5. The number of guanidine groups is 1. The molecule has 4 amide bonds. The van der Waals surface area contributed by atoms with Crippen LogP contribution in [0.5, 0.6) is 0 Å². The van der Waals surface area contributed by atoms with Crippen LogP contribution in [0, 0.1) is 0 Å². The third-order valence-corrected chi connectivity index (χ3v) is 5.51. The number of aliphatic imine (C=N–C) groups is 1. The molecule has 0 saturated heterocycles. The van der Waals surface area contributed by atoms with E-state index in [1.165, 1.54) is 0 Å². The summed E-state index contributed by atoms with van der Waals surface area (Å²) in [5.74, 6) is -2.71. The number of nitrogens with one attached hydrogen (secondary N) is 4. The zero-order valence-electron chi connectivity index (χ0n) is 21.9. The molecule has 0 radical (unpaired) electrons. The van der Waals surface area contributed by atoms with Gasteiger partial charge in [0.05, 0.1) is 19.5 Å². The number of rotatable bonds is 21. The number of carboxylic acid groups (broad SMARTS) is 1. The zero-order valence-corrected chi connectivity index (χ0v) is 26.2. The van der Waals surface area contributed by atoms with Crippen molar-refractivity contribution in [2.45, 2.75) is 37.8 Å². The molecule has 0 bridgehead atoms. The van der Waals surface area contributed by atoms with Crippen LogP contribution in [-0.2, 0) is 84.2 Å². The van der Waals surface area contributed by atoms with Crippen LogP contribution in [0.4, 0.5) is 0 Å². The van der Waals surface area contributed by atoms with E-state index in [9.17, 15) is 24.0 Å². The van der Waals surface area contributed by atoms with Gasteiger partial charge in [0.1, 0.15) is 12.1 Å². The van der Waals surface area contributed by atoms with E-state index in [0.29, 0.717) is 43.2 Å². The molecule has 0 spiro atoms. The first-order valence-corrected chi connectivity index (χ1v) is 14.6. The van der Waals surface area contributed by atoms with Crippen molar-refractivity contribution in [3.63, 3.8) is 0 Å². The second kappa shape index (κ2) is 26.0. The summed E-state index contributed by atoms with van der Waals surface area (Å²) in [7, 11) is 0. The third kappa shape index (κ3) is 21.8. The predicted molar refractivity (Wildman–Crippen MR) is 150 cm³/mol. The SMILES string of the molecule is NC(N)=NCCC[C@@H](NC(=O)CN(CC[S-])CC[S-])C(=O)NCC(=O)N[C@@H](CC(=O)O)C(=O)NCCC[S-].[O]=[99Tc+3]. The Morgan fingerprint density at radius 1 is 0.850 bits per heavy atom. The van der Waals surface area contributed by atoms with Gasteiger partial charge in [0, 0.05) is 13.1 Å². The second-order valence-electron chi connectivity index (χ2n) is 8.04. The molecule has 0 saturated carbocycles. The maximum atomic E-state index is 12.8. The number of nitrogens with two attached hydrogens (primary N) is 2. The van der Waals surface area contributed by atoms with Crippen LogP contribution in [0.2, 0.25) is 0 Å². The summed E-state index contributed by atoms with van der Waals surface area (Å²) in [5, 5.41) is 18.9. The van der Waals surface area contributed by atoms with Crippen LogP contribution in [0.3, 0.4) is 0 Å². The van der Waals surface area contributed by atoms with Gasteiger partial charge in [0.25, 0.3) is 0 Å². The third-order valence-electron chi connectivity index (χ3n) is 4.85. The number of nitrogens with zero attached hydrogens (tertiary/aromatic N) is 2. The van der Waals surface area contributed by atoms with Gasteiger partial charge in [-0.3, -0.25) is 33.9 Å². The summed E-state index contributed by atoms with van der Waals surface area (Å²) in [5.41, 5.74) is 10.6. The monoisotopic (exact) mass is 708 g/mol. The van der Waals surface area contributed by atoms with Gasteiger partial charge in [-0.25, -0.2) is 0 Å². The van der Waals surface area contributed by atoms with Crippen LogP contribution in [-0.4, -0.2) is 114 Å². The zero-order chi connectivity index (χ0) is 30.9. The summed E-state index contributed by atoms with van der Waals surface area (Å²) in [6.45, 7) is 0.870. The molecule has 0 rings (SSSR count). The van der Waals surface area contributed by atoms with Gasteiger partial charge < -0.3 is 75.7 Å². The van der Waals surface area contributed by atoms with Crippen molar-refractivity contribution in [1.82, 2.24) is 26.2 Å². The molecule has 228 valence electrons. The number of hydrogen-bond donors (Lipinski definition) is 7. The fourth-order valence-corrected chi connectivity index (χ4v) is 3.73. The Kier molecular flexibility index (Phi) is 26.2. The number of hydrogen-bond acceptors (Lipinski definition) is 11. The van der Waals surface area contributed by atoms with Crippen molar-refractivity contribution >= 4 is 73.4 Å². The van der Waals surface area contributed by atoms with E-state index in [0.717, 1.165) is 18.9 Å². The van der Waals surface area contributed by atoms with Gasteiger partial charge in [-0.1, -0.05) is 6.42 Å². The maximum absolute atomic E-state index is 12.8. The van der Waals surface area contributed by atoms with Crippen molar-refractivity contribution in [1.29, 1.82) is 0 Å². The fraction of sp³-hybridized carbons (Fsp3) is 0.714. The number of aliphatic carboxylic acids is 1. The van der Waals surface area contributed by atoms with Crippen LogP contribution < -0.4 is 32.7 Å². The van der Waals surface area contributed by atoms with E-state index < -0.39 is 54.6 Å². The molecule has 0 heterocycles. The minimum atomic E-state index is -1.34. The van der Waals surface area contributed by atoms with Gasteiger partial charge >= 0.3 is 28.3 Å². The van der Waals surface area contributed by atoms with E-state index in [-0.39, 0.29) is 32.0 Å². The van der Waals surface area contributed by atoms with Gasteiger partial charge in [-0.2, -0.15) is 17.3 Å². The Morgan fingerprint density at radius 2 is 1.43 bits per heavy atom. The Bertz CT molecular complexity index is 819. The number of carbonyl (C=O) groups excluding carboxylic acids is 4. The molecular weight excluding hydrogens is 671 g/mol. The van der Waals surface area contributed by atoms with Crippen LogP contribution in [0.1, 0.15) is 25.7 Å². The number of amides is 4. The molecule has 19 heteroatoms. The molecule has 0 aromatic carbocycles. The van der Waals surface area contributed by atoms with Crippen molar-refractivity contribution in [2.75, 3.05) is 56.5 Å². The molecule has 0 aliphatic rings. The van der Waals surface area contributed by atoms with Gasteiger partial charge in [0.2, 0.25) is 23.6 Å². The Balaban J connectivity index is 0. The Hall–Kier alpha value is -1.92. The standard InChI is InChI=1S/C21H40N8O6S3.O.Tc/c22-21(23)25-4-1-3-14(27-17(31)13-29(6-9-37)7-10-38)19(34)26-12-16(30)28-15(11-18(32)33)20(35)24-5-2-8-36;;/h14-15,36-38H,1-13H2,(H,24,35)(H,26,34)(H,27,31)(H,28,30)(H,32,33)(H4,22,23,25);;/q;;+3/p-3/t14-,15+;;/m1../s1/i;;1+1. The average Bonchev–Trinajstić information content (AvgIpc) is 2.89. The average molecular weight is 709 g/mol. The van der Waals surface area contributed by atoms with Crippen molar-refractivity contribution in [2.24, 2.45) is 16.5 Å². The van der Waals surface area contributed by atoms with Crippen LogP contribution in [0.15, 0.2) is 4.99 Å². The molecule has 15 nitrogen and oxygen atoms in total. The van der Waals surface area contributed by atoms with Crippen molar-refractivity contribution < 1.29 is 51.4 Å². The molecule has 2 atom stereocenters. The molecular formula is C21H37N8O7S3Tc. The van der Waals surface area contributed by atoms with E-state index in [1.807, 2.05) is 0 Å². The van der Waals surface area contributed by atoms with Gasteiger partial charge in [0.15, 0.2) is 5.96 Å². The molecule has 0 aliphatic carbocycles. The Labute approximate surface area is 260 Å². The number of carboxylic acids is 1. The summed E-state index contributed by atoms with van der Waals surface area (Å²) in [6.07, 6.45) is 0.397.